The van der Waals surface area contributed by atoms with Crippen molar-refractivity contribution in [1.29, 1.82) is 0 Å². The van der Waals surface area contributed by atoms with Gasteiger partial charge in [-0.2, -0.15) is 0 Å². The molecule has 0 aliphatic carbocycles. The van der Waals surface area contributed by atoms with Gasteiger partial charge in [0.1, 0.15) is 0 Å². The van der Waals surface area contributed by atoms with E-state index in [2.05, 4.69) is 23.6 Å². The predicted octanol–water partition coefficient (Wildman–Crippen LogP) is 3.61. The summed E-state index contributed by atoms with van der Waals surface area (Å²) in [6.45, 7) is 2.05. The number of aryl methyl sites for hydroxylation is 2. The molecule has 0 bridgehead atoms. The molecule has 0 atom stereocenters. The van der Waals surface area contributed by atoms with Crippen LogP contribution in [0.2, 0.25) is 0 Å². The Kier molecular flexibility index (Phi) is 4.67. The second-order valence-electron chi connectivity index (χ2n) is 5.52. The van der Waals surface area contributed by atoms with E-state index in [0.717, 1.165) is 17.0 Å². The van der Waals surface area contributed by atoms with Crippen LogP contribution < -0.4 is 10.6 Å². The standard InChI is InChI=1S/C18H18N2O2S/c1-12-4-2-3-5-13(12)6-9-17(21)19-14-7-8-16-15(10-14)20-18(22)11-23-16/h2-5,7-8,10H,6,9,11H2,1H3,(H,19,21)(H,20,22). The van der Waals surface area contributed by atoms with E-state index in [1.165, 1.54) is 22.9 Å². The molecule has 2 amide bonds. The van der Waals surface area contributed by atoms with Crippen molar-refractivity contribution in [2.24, 2.45) is 0 Å². The van der Waals surface area contributed by atoms with Crippen LogP contribution in [-0.4, -0.2) is 17.6 Å². The van der Waals surface area contributed by atoms with Crippen LogP contribution in [0.25, 0.3) is 0 Å². The third-order valence-electron chi connectivity index (χ3n) is 3.78. The van der Waals surface area contributed by atoms with Gasteiger partial charge in [-0.1, -0.05) is 24.3 Å². The lowest BCUT2D eigenvalue weighted by molar-refractivity contribution is -0.116. The van der Waals surface area contributed by atoms with Crippen molar-refractivity contribution >= 4 is 35.0 Å². The highest BCUT2D eigenvalue weighted by atomic mass is 32.2. The van der Waals surface area contributed by atoms with E-state index < -0.39 is 0 Å². The van der Waals surface area contributed by atoms with Gasteiger partial charge in [0.25, 0.3) is 0 Å². The molecule has 0 saturated carbocycles. The number of fused-ring (bicyclic) bond motifs is 1. The monoisotopic (exact) mass is 326 g/mol. The van der Waals surface area contributed by atoms with Gasteiger partial charge in [-0.3, -0.25) is 9.59 Å². The second-order valence-corrected chi connectivity index (χ2v) is 6.54. The molecule has 4 nitrogen and oxygen atoms in total. The maximum absolute atomic E-state index is 12.1. The zero-order chi connectivity index (χ0) is 16.2. The summed E-state index contributed by atoms with van der Waals surface area (Å²) in [7, 11) is 0. The molecule has 1 aliphatic heterocycles. The Hall–Kier alpha value is -2.27. The number of benzene rings is 2. The second kappa shape index (κ2) is 6.87. The summed E-state index contributed by atoms with van der Waals surface area (Å²) in [4.78, 5) is 24.6. The van der Waals surface area contributed by atoms with Crippen LogP contribution in [0.5, 0.6) is 0 Å². The fraction of sp³-hybridized carbons (Fsp3) is 0.222. The maximum Gasteiger partial charge on any atom is 0.234 e. The highest BCUT2D eigenvalue weighted by Gasteiger charge is 2.16. The lowest BCUT2D eigenvalue weighted by Crippen LogP contribution is -2.19. The largest absolute Gasteiger partial charge is 0.326 e. The molecule has 5 heteroatoms. The topological polar surface area (TPSA) is 58.2 Å². The number of carbonyl (C=O) groups excluding carboxylic acids is 2. The molecular weight excluding hydrogens is 308 g/mol. The normalized spacial score (nSPS) is 13.2. The number of amides is 2. The summed E-state index contributed by atoms with van der Waals surface area (Å²) in [5, 5.41) is 5.72. The SMILES string of the molecule is Cc1ccccc1CCC(=O)Nc1ccc2c(c1)NC(=O)CS2. The molecule has 118 valence electrons. The van der Waals surface area contributed by atoms with Gasteiger partial charge >= 0.3 is 0 Å². The van der Waals surface area contributed by atoms with E-state index in [1.807, 2.05) is 36.4 Å². The molecular formula is C18H18N2O2S. The van der Waals surface area contributed by atoms with Crippen LogP contribution >= 0.6 is 11.8 Å². The Morgan fingerprint density at radius 3 is 2.91 bits per heavy atom. The van der Waals surface area contributed by atoms with Crippen molar-refractivity contribution in [2.45, 2.75) is 24.7 Å². The number of hydrogen-bond acceptors (Lipinski definition) is 3. The number of hydrogen-bond donors (Lipinski definition) is 2. The zero-order valence-electron chi connectivity index (χ0n) is 12.9. The van der Waals surface area contributed by atoms with Crippen LogP contribution in [-0.2, 0) is 16.0 Å². The molecule has 1 heterocycles. The number of thioether (sulfide) groups is 1. The summed E-state index contributed by atoms with van der Waals surface area (Å²) in [5.41, 5.74) is 3.87. The van der Waals surface area contributed by atoms with Crippen LogP contribution in [0.3, 0.4) is 0 Å². The first-order valence-electron chi connectivity index (χ1n) is 7.53. The zero-order valence-corrected chi connectivity index (χ0v) is 13.7. The number of nitrogens with one attached hydrogen (secondary N) is 2. The van der Waals surface area contributed by atoms with Crippen molar-refractivity contribution in [3.8, 4) is 0 Å². The van der Waals surface area contributed by atoms with E-state index in [4.69, 9.17) is 0 Å². The lowest BCUT2D eigenvalue weighted by atomic mass is 10.0. The number of rotatable bonds is 4. The Labute approximate surface area is 139 Å². The number of carbonyl (C=O) groups is 2. The Bertz CT molecular complexity index is 758. The highest BCUT2D eigenvalue weighted by Crippen LogP contribution is 2.33. The third-order valence-corrected chi connectivity index (χ3v) is 4.85. The van der Waals surface area contributed by atoms with E-state index in [1.54, 1.807) is 0 Å². The molecule has 23 heavy (non-hydrogen) atoms. The fourth-order valence-corrected chi connectivity index (χ4v) is 3.31. The fourth-order valence-electron chi connectivity index (χ4n) is 2.52. The molecule has 0 aromatic heterocycles. The molecule has 0 saturated heterocycles. The van der Waals surface area contributed by atoms with E-state index in [9.17, 15) is 9.59 Å². The van der Waals surface area contributed by atoms with Crippen molar-refractivity contribution in [2.75, 3.05) is 16.4 Å². The Morgan fingerprint density at radius 1 is 1.26 bits per heavy atom. The van der Waals surface area contributed by atoms with Crippen molar-refractivity contribution < 1.29 is 9.59 Å². The number of anilines is 2. The van der Waals surface area contributed by atoms with Gasteiger partial charge in [0.05, 0.1) is 11.4 Å². The van der Waals surface area contributed by atoms with E-state index in [0.29, 0.717) is 17.9 Å². The van der Waals surface area contributed by atoms with Crippen LogP contribution in [0.15, 0.2) is 47.4 Å². The average molecular weight is 326 g/mol. The Morgan fingerprint density at radius 2 is 2.09 bits per heavy atom. The summed E-state index contributed by atoms with van der Waals surface area (Å²) < 4.78 is 0. The van der Waals surface area contributed by atoms with Crippen molar-refractivity contribution in [3.63, 3.8) is 0 Å². The van der Waals surface area contributed by atoms with E-state index >= 15 is 0 Å². The summed E-state index contributed by atoms with van der Waals surface area (Å²) >= 11 is 1.51. The van der Waals surface area contributed by atoms with Gasteiger partial charge in [-0.15, -0.1) is 11.8 Å². The van der Waals surface area contributed by atoms with E-state index in [-0.39, 0.29) is 11.8 Å². The first-order valence-corrected chi connectivity index (χ1v) is 8.51. The quantitative estimate of drug-likeness (QED) is 0.902. The molecule has 0 fully saturated rings. The van der Waals surface area contributed by atoms with Crippen LogP contribution in [0.4, 0.5) is 11.4 Å². The average Bonchev–Trinajstić information content (AvgIpc) is 2.54. The molecule has 3 rings (SSSR count). The molecule has 0 spiro atoms. The van der Waals surface area contributed by atoms with Gasteiger partial charge in [0, 0.05) is 17.0 Å². The Balaban J connectivity index is 1.61. The molecule has 0 radical (unpaired) electrons. The minimum atomic E-state index is -0.0250. The summed E-state index contributed by atoms with van der Waals surface area (Å²) in [6.07, 6.45) is 1.15. The smallest absolute Gasteiger partial charge is 0.234 e. The highest BCUT2D eigenvalue weighted by molar-refractivity contribution is 8.00. The maximum atomic E-state index is 12.1. The molecule has 2 aromatic carbocycles. The first kappa shape index (κ1) is 15.6. The minimum absolute atomic E-state index is 0.00877. The van der Waals surface area contributed by atoms with Crippen molar-refractivity contribution in [1.82, 2.24) is 0 Å². The van der Waals surface area contributed by atoms with Gasteiger partial charge in [-0.05, 0) is 42.7 Å². The van der Waals surface area contributed by atoms with Crippen LogP contribution in [0, 0.1) is 6.92 Å². The van der Waals surface area contributed by atoms with Gasteiger partial charge in [-0.25, -0.2) is 0 Å². The summed E-state index contributed by atoms with van der Waals surface area (Å²) in [6, 6.07) is 13.7. The predicted molar refractivity (Wildman–Crippen MR) is 93.9 cm³/mol. The molecule has 1 aliphatic rings. The summed E-state index contributed by atoms with van der Waals surface area (Å²) in [5.74, 6) is 0.406. The molecule has 0 unspecified atom stereocenters. The van der Waals surface area contributed by atoms with Gasteiger partial charge in [0.2, 0.25) is 11.8 Å². The van der Waals surface area contributed by atoms with Gasteiger partial charge in [0.15, 0.2) is 0 Å². The van der Waals surface area contributed by atoms with Crippen molar-refractivity contribution in [3.05, 3.63) is 53.6 Å². The lowest BCUT2D eigenvalue weighted by Gasteiger charge is -2.17. The molecule has 2 aromatic rings. The third kappa shape index (κ3) is 3.93. The van der Waals surface area contributed by atoms with Crippen LogP contribution in [0.1, 0.15) is 17.5 Å². The van der Waals surface area contributed by atoms with Gasteiger partial charge < -0.3 is 10.6 Å². The molecule has 2 N–H and O–H groups in total. The first-order chi connectivity index (χ1) is 11.1. The minimum Gasteiger partial charge on any atom is -0.326 e.